The van der Waals surface area contributed by atoms with E-state index in [9.17, 15) is 10.5 Å². The van der Waals surface area contributed by atoms with Crippen LogP contribution in [-0.4, -0.2) is 4.98 Å². The van der Waals surface area contributed by atoms with Crippen molar-refractivity contribution in [2.75, 3.05) is 5.73 Å². The molecule has 5 nitrogen and oxygen atoms in total. The molecule has 2 N–H and O–H groups in total. The Balaban J connectivity index is 2.13. The van der Waals surface area contributed by atoms with Gasteiger partial charge in [-0.05, 0) is 24.6 Å². The van der Waals surface area contributed by atoms with Crippen LogP contribution in [0.2, 0.25) is 0 Å². The number of hydrogen-bond donors (Lipinski definition) is 1. The normalized spacial score (nSPS) is 10.2. The molecule has 0 bridgehead atoms. The second-order valence-corrected chi connectivity index (χ2v) is 6.35. The molecule has 0 spiro atoms. The first-order valence-corrected chi connectivity index (χ1v) is 8.48. The number of benzene rings is 1. The fourth-order valence-electron chi connectivity index (χ4n) is 2.45. The zero-order valence-electron chi connectivity index (χ0n) is 13.5. The molecule has 0 unspecified atom stereocenters. The second-order valence-electron chi connectivity index (χ2n) is 5.38. The highest BCUT2D eigenvalue weighted by molar-refractivity contribution is 7.98. The Hall–Kier alpha value is -3.22. The van der Waals surface area contributed by atoms with Crippen LogP contribution >= 0.6 is 11.8 Å². The number of furan rings is 1. The quantitative estimate of drug-likeness (QED) is 0.708. The maximum absolute atomic E-state index is 9.71. The standard InChI is InChI=1S/C19H14N4OS/c1-12-4-6-13(7-5-12)17-15(9-20)18(22)23-19(16(17)10-21)25-11-14-3-2-8-24-14/h2-8H,11H2,1H3,(H2,22,23). The number of nitrogen functional groups attached to an aromatic ring is 1. The molecule has 0 saturated carbocycles. The van der Waals surface area contributed by atoms with Crippen LogP contribution in [-0.2, 0) is 5.75 Å². The molecule has 0 atom stereocenters. The molecular formula is C19H14N4OS. The summed E-state index contributed by atoms with van der Waals surface area (Å²) >= 11 is 1.36. The van der Waals surface area contributed by atoms with Crippen molar-refractivity contribution in [3.63, 3.8) is 0 Å². The molecule has 3 rings (SSSR count). The number of nitrogens with zero attached hydrogens (tertiary/aromatic N) is 3. The lowest BCUT2D eigenvalue weighted by Crippen LogP contribution is -2.03. The van der Waals surface area contributed by atoms with E-state index in [1.54, 1.807) is 12.3 Å². The maximum atomic E-state index is 9.71. The number of hydrogen-bond acceptors (Lipinski definition) is 6. The van der Waals surface area contributed by atoms with Gasteiger partial charge < -0.3 is 10.2 Å². The minimum absolute atomic E-state index is 0.124. The summed E-state index contributed by atoms with van der Waals surface area (Å²) in [6.45, 7) is 1.98. The molecule has 122 valence electrons. The third kappa shape index (κ3) is 3.35. The molecule has 0 saturated heterocycles. The smallest absolute Gasteiger partial charge is 0.143 e. The Morgan fingerprint density at radius 2 is 1.84 bits per heavy atom. The lowest BCUT2D eigenvalue weighted by atomic mass is 9.96. The van der Waals surface area contributed by atoms with Gasteiger partial charge in [0.05, 0.1) is 17.6 Å². The average Bonchev–Trinajstić information content (AvgIpc) is 3.13. The number of anilines is 1. The lowest BCUT2D eigenvalue weighted by Gasteiger charge is -2.13. The first-order valence-electron chi connectivity index (χ1n) is 7.50. The highest BCUT2D eigenvalue weighted by Gasteiger charge is 2.20. The summed E-state index contributed by atoms with van der Waals surface area (Å²) in [6, 6.07) is 15.6. The number of nitrogens with two attached hydrogens (primary N) is 1. The second kappa shape index (κ2) is 7.12. The molecule has 2 heterocycles. The Kier molecular flexibility index (Phi) is 4.74. The number of aryl methyl sites for hydroxylation is 1. The zero-order valence-corrected chi connectivity index (χ0v) is 14.3. The van der Waals surface area contributed by atoms with E-state index < -0.39 is 0 Å². The van der Waals surface area contributed by atoms with Gasteiger partial charge in [-0.2, -0.15) is 10.5 Å². The van der Waals surface area contributed by atoms with E-state index in [-0.39, 0.29) is 11.4 Å². The largest absolute Gasteiger partial charge is 0.468 e. The predicted octanol–water partition coefficient (Wildman–Crippen LogP) is 4.27. The first-order chi connectivity index (χ1) is 12.1. The van der Waals surface area contributed by atoms with Crippen molar-refractivity contribution in [1.82, 2.24) is 4.98 Å². The zero-order chi connectivity index (χ0) is 17.8. The average molecular weight is 346 g/mol. The molecule has 1 aromatic carbocycles. The van der Waals surface area contributed by atoms with E-state index in [4.69, 9.17) is 10.2 Å². The van der Waals surface area contributed by atoms with E-state index in [2.05, 4.69) is 17.1 Å². The van der Waals surface area contributed by atoms with Gasteiger partial charge in [0.1, 0.15) is 34.3 Å². The van der Waals surface area contributed by atoms with E-state index in [1.807, 2.05) is 37.3 Å². The van der Waals surface area contributed by atoms with Crippen LogP contribution in [0.5, 0.6) is 0 Å². The van der Waals surface area contributed by atoms with Crippen molar-refractivity contribution < 1.29 is 4.42 Å². The highest BCUT2D eigenvalue weighted by atomic mass is 32.2. The van der Waals surface area contributed by atoms with Crippen molar-refractivity contribution in [2.45, 2.75) is 17.7 Å². The third-order valence-electron chi connectivity index (χ3n) is 3.69. The van der Waals surface area contributed by atoms with Gasteiger partial charge in [0.25, 0.3) is 0 Å². The minimum Gasteiger partial charge on any atom is -0.468 e. The topological polar surface area (TPSA) is 99.6 Å². The lowest BCUT2D eigenvalue weighted by molar-refractivity contribution is 0.530. The molecule has 0 amide bonds. The van der Waals surface area contributed by atoms with E-state index in [1.165, 1.54) is 11.8 Å². The van der Waals surface area contributed by atoms with Gasteiger partial charge in [-0.15, -0.1) is 0 Å². The Morgan fingerprint density at radius 1 is 1.12 bits per heavy atom. The van der Waals surface area contributed by atoms with Crippen molar-refractivity contribution in [2.24, 2.45) is 0 Å². The van der Waals surface area contributed by atoms with E-state index >= 15 is 0 Å². The molecule has 0 radical (unpaired) electrons. The van der Waals surface area contributed by atoms with Gasteiger partial charge in [-0.25, -0.2) is 4.98 Å². The summed E-state index contributed by atoms with van der Waals surface area (Å²) < 4.78 is 5.32. The van der Waals surface area contributed by atoms with E-state index in [0.29, 0.717) is 21.9 Å². The third-order valence-corrected chi connectivity index (χ3v) is 4.68. The molecule has 0 aliphatic carbocycles. The Morgan fingerprint density at radius 3 is 2.44 bits per heavy atom. The summed E-state index contributed by atoms with van der Waals surface area (Å²) in [4.78, 5) is 4.27. The first kappa shape index (κ1) is 16.6. The molecule has 0 fully saturated rings. The van der Waals surface area contributed by atoms with Crippen molar-refractivity contribution in [1.29, 1.82) is 10.5 Å². The number of thioether (sulfide) groups is 1. The van der Waals surface area contributed by atoms with Crippen LogP contribution in [0, 0.1) is 29.6 Å². The number of rotatable bonds is 4. The van der Waals surface area contributed by atoms with Gasteiger partial charge in [0, 0.05) is 5.56 Å². The summed E-state index contributed by atoms with van der Waals surface area (Å²) in [6.07, 6.45) is 1.60. The van der Waals surface area contributed by atoms with Crippen LogP contribution in [0.1, 0.15) is 22.5 Å². The van der Waals surface area contributed by atoms with E-state index in [0.717, 1.165) is 16.9 Å². The number of nitriles is 2. The summed E-state index contributed by atoms with van der Waals surface area (Å²) in [5, 5.41) is 19.7. The van der Waals surface area contributed by atoms with Crippen LogP contribution in [0.4, 0.5) is 5.82 Å². The van der Waals surface area contributed by atoms with Crippen molar-refractivity contribution in [3.05, 3.63) is 65.1 Å². The minimum atomic E-state index is 0.124. The summed E-state index contributed by atoms with van der Waals surface area (Å²) in [7, 11) is 0. The molecule has 6 heteroatoms. The molecule has 3 aromatic rings. The molecule has 2 aromatic heterocycles. The van der Waals surface area contributed by atoms with Gasteiger partial charge in [0.2, 0.25) is 0 Å². The molecule has 0 aliphatic rings. The SMILES string of the molecule is Cc1ccc(-c2c(C#N)c(N)nc(SCc3ccco3)c2C#N)cc1. The van der Waals surface area contributed by atoms with Gasteiger partial charge in [-0.3, -0.25) is 0 Å². The van der Waals surface area contributed by atoms with Gasteiger partial charge in [-0.1, -0.05) is 41.6 Å². The summed E-state index contributed by atoms with van der Waals surface area (Å²) in [5.74, 6) is 1.42. The predicted molar refractivity (Wildman–Crippen MR) is 96.5 cm³/mol. The Bertz CT molecular complexity index is 980. The van der Waals surface area contributed by atoms with Crippen LogP contribution in [0.25, 0.3) is 11.1 Å². The summed E-state index contributed by atoms with van der Waals surface area (Å²) in [5.41, 5.74) is 8.96. The van der Waals surface area contributed by atoms with Crippen LogP contribution < -0.4 is 5.73 Å². The Labute approximate surface area is 149 Å². The molecule has 25 heavy (non-hydrogen) atoms. The fourth-order valence-corrected chi connectivity index (χ4v) is 3.34. The monoisotopic (exact) mass is 346 g/mol. The maximum Gasteiger partial charge on any atom is 0.143 e. The molecular weight excluding hydrogens is 332 g/mol. The van der Waals surface area contributed by atoms with Gasteiger partial charge >= 0.3 is 0 Å². The van der Waals surface area contributed by atoms with Crippen molar-refractivity contribution in [3.8, 4) is 23.3 Å². The highest BCUT2D eigenvalue weighted by Crippen LogP contribution is 2.36. The van der Waals surface area contributed by atoms with Crippen LogP contribution in [0.3, 0.4) is 0 Å². The van der Waals surface area contributed by atoms with Crippen molar-refractivity contribution >= 4 is 17.6 Å². The van der Waals surface area contributed by atoms with Gasteiger partial charge in [0.15, 0.2) is 0 Å². The fraction of sp³-hybridized carbons (Fsp3) is 0.105. The molecule has 0 aliphatic heterocycles. The number of pyridine rings is 1. The number of aromatic nitrogens is 1. The van der Waals surface area contributed by atoms with Crippen LogP contribution in [0.15, 0.2) is 52.1 Å².